The molecule has 0 spiro atoms. The van der Waals surface area contributed by atoms with E-state index in [1.807, 2.05) is 0 Å². The zero-order valence-electron chi connectivity index (χ0n) is 33.6. The van der Waals surface area contributed by atoms with Crippen LogP contribution in [0, 0.1) is 0 Å². The number of benzene rings is 11. The van der Waals surface area contributed by atoms with Crippen molar-refractivity contribution in [2.75, 3.05) is 4.90 Å². The van der Waals surface area contributed by atoms with Crippen molar-refractivity contribution in [3.63, 3.8) is 0 Å². The molecule has 0 N–H and O–H groups in total. The molecule has 0 unspecified atom stereocenters. The summed E-state index contributed by atoms with van der Waals surface area (Å²) in [5.74, 6) is 0. The van der Waals surface area contributed by atoms with Crippen LogP contribution in [-0.2, 0) is 0 Å². The Labute approximate surface area is 357 Å². The number of hydrogen-bond donors (Lipinski definition) is 0. The highest BCUT2D eigenvalue weighted by molar-refractivity contribution is 6.23. The summed E-state index contributed by atoms with van der Waals surface area (Å²) in [6.45, 7) is 0. The summed E-state index contributed by atoms with van der Waals surface area (Å²) < 4.78 is 0. The normalized spacial score (nSPS) is 11.3. The van der Waals surface area contributed by atoms with Crippen molar-refractivity contribution in [1.29, 1.82) is 0 Å². The Bertz CT molecular complexity index is 3270. The fourth-order valence-corrected chi connectivity index (χ4v) is 9.14. The molecule has 0 saturated carbocycles. The van der Waals surface area contributed by atoms with Gasteiger partial charge < -0.3 is 4.90 Å². The summed E-state index contributed by atoms with van der Waals surface area (Å²) in [5.41, 5.74) is 15.5. The van der Waals surface area contributed by atoms with Crippen LogP contribution in [0.4, 0.5) is 17.1 Å². The van der Waals surface area contributed by atoms with E-state index in [1.165, 1.54) is 88.0 Å². The first-order chi connectivity index (χ1) is 30.3. The average molecular weight is 776 g/mol. The summed E-state index contributed by atoms with van der Waals surface area (Å²) in [5, 5.41) is 7.42. The van der Waals surface area contributed by atoms with Gasteiger partial charge in [0.05, 0.1) is 0 Å². The van der Waals surface area contributed by atoms with Crippen LogP contribution in [0.25, 0.3) is 88.0 Å². The van der Waals surface area contributed by atoms with Crippen LogP contribution in [0.15, 0.2) is 249 Å². The van der Waals surface area contributed by atoms with Crippen molar-refractivity contribution in [2.24, 2.45) is 0 Å². The molecule has 0 aliphatic heterocycles. The molecule has 11 aromatic carbocycles. The third-order valence-electron chi connectivity index (χ3n) is 12.0. The van der Waals surface area contributed by atoms with Crippen molar-refractivity contribution < 1.29 is 0 Å². The standard InChI is InChI=1S/C60H41N/c1-6-18-43(19-7-1)55-38-46-24-16-17-25-47(46)39-56(55)49-33-37-54-53-36-32-48(42-30-34-52(35-31-42)61(50-26-12-4-13-27-50)51-28-14-5-15-29-51)40-57(53)59(44-20-8-2-9-21-44)60(58(54)41-49)45-22-10-3-11-23-45/h1-41H. The predicted octanol–water partition coefficient (Wildman–Crippen LogP) is 17.0. The van der Waals surface area contributed by atoms with Gasteiger partial charge in [0.2, 0.25) is 0 Å². The molecule has 0 atom stereocenters. The molecule has 1 heteroatoms. The Kier molecular flexibility index (Phi) is 9.26. The monoisotopic (exact) mass is 775 g/mol. The van der Waals surface area contributed by atoms with Gasteiger partial charge in [-0.3, -0.25) is 0 Å². The van der Waals surface area contributed by atoms with Crippen LogP contribution in [0.5, 0.6) is 0 Å². The van der Waals surface area contributed by atoms with Gasteiger partial charge in [0, 0.05) is 17.1 Å². The number of para-hydroxylation sites is 2. The minimum absolute atomic E-state index is 1.11. The number of anilines is 3. The number of nitrogens with zero attached hydrogens (tertiary/aromatic N) is 1. The van der Waals surface area contributed by atoms with Crippen molar-refractivity contribution in [2.45, 2.75) is 0 Å². The number of fused-ring (bicyclic) bond motifs is 4. The first-order valence-corrected chi connectivity index (χ1v) is 21.0. The van der Waals surface area contributed by atoms with Gasteiger partial charge in [0.15, 0.2) is 0 Å². The molecule has 1 nitrogen and oxygen atoms in total. The van der Waals surface area contributed by atoms with E-state index in [-0.39, 0.29) is 0 Å². The Balaban J connectivity index is 1.13. The summed E-state index contributed by atoms with van der Waals surface area (Å²) in [6.07, 6.45) is 0. The van der Waals surface area contributed by atoms with E-state index in [0.717, 1.165) is 17.1 Å². The van der Waals surface area contributed by atoms with E-state index in [9.17, 15) is 0 Å². The lowest BCUT2D eigenvalue weighted by Gasteiger charge is -2.25. The molecule has 0 radical (unpaired) electrons. The second kappa shape index (κ2) is 15.6. The highest BCUT2D eigenvalue weighted by atomic mass is 15.1. The first-order valence-electron chi connectivity index (χ1n) is 21.0. The Morgan fingerprint density at radius 2 is 0.574 bits per heavy atom. The van der Waals surface area contributed by atoms with Crippen molar-refractivity contribution >= 4 is 49.4 Å². The van der Waals surface area contributed by atoms with Gasteiger partial charge in [-0.25, -0.2) is 0 Å². The summed E-state index contributed by atoms with van der Waals surface area (Å²) in [4.78, 5) is 2.31. The van der Waals surface area contributed by atoms with Gasteiger partial charge in [0.25, 0.3) is 0 Å². The minimum Gasteiger partial charge on any atom is -0.311 e. The lowest BCUT2D eigenvalue weighted by Crippen LogP contribution is -2.09. The topological polar surface area (TPSA) is 3.24 Å². The smallest absolute Gasteiger partial charge is 0.0462 e. The zero-order valence-corrected chi connectivity index (χ0v) is 33.6. The first kappa shape index (κ1) is 36.1. The highest BCUT2D eigenvalue weighted by Crippen LogP contribution is 2.47. The van der Waals surface area contributed by atoms with Gasteiger partial charge in [-0.05, 0) is 149 Å². The van der Waals surface area contributed by atoms with Crippen molar-refractivity contribution in [3.05, 3.63) is 249 Å². The summed E-state index contributed by atoms with van der Waals surface area (Å²) in [6, 6.07) is 90.5. The van der Waals surface area contributed by atoms with Crippen LogP contribution in [0.1, 0.15) is 0 Å². The van der Waals surface area contributed by atoms with Crippen LogP contribution in [0.3, 0.4) is 0 Å². The van der Waals surface area contributed by atoms with E-state index < -0.39 is 0 Å². The maximum absolute atomic E-state index is 2.44. The quantitative estimate of drug-likeness (QED) is 0.139. The SMILES string of the molecule is c1ccc(-c2cc3ccccc3cc2-c2ccc3c(c2)c(-c2ccccc2)c(-c2ccccc2)c2cc(-c4ccc(N(c5ccccc5)c5ccccc5)cc4)ccc23)cc1. The van der Waals surface area contributed by atoms with Gasteiger partial charge >= 0.3 is 0 Å². The Hall–Kier alpha value is -8.00. The van der Waals surface area contributed by atoms with Crippen LogP contribution >= 0.6 is 0 Å². The molecule has 286 valence electrons. The number of rotatable bonds is 8. The molecule has 11 rings (SSSR count). The van der Waals surface area contributed by atoms with Crippen molar-refractivity contribution in [3.8, 4) is 55.6 Å². The molecule has 11 aromatic rings. The summed E-state index contributed by atoms with van der Waals surface area (Å²) >= 11 is 0. The molecule has 0 amide bonds. The van der Waals surface area contributed by atoms with E-state index in [2.05, 4.69) is 254 Å². The second-order valence-corrected chi connectivity index (χ2v) is 15.7. The van der Waals surface area contributed by atoms with E-state index in [4.69, 9.17) is 0 Å². The molecule has 61 heavy (non-hydrogen) atoms. The molecule has 0 aliphatic rings. The van der Waals surface area contributed by atoms with Crippen LogP contribution in [-0.4, -0.2) is 0 Å². The molecule has 0 saturated heterocycles. The van der Waals surface area contributed by atoms with Crippen LogP contribution < -0.4 is 4.90 Å². The molecular formula is C60H41N. The van der Waals surface area contributed by atoms with E-state index in [0.29, 0.717) is 0 Å². The molecule has 0 aromatic heterocycles. The average Bonchev–Trinajstić information content (AvgIpc) is 3.34. The minimum atomic E-state index is 1.11. The van der Waals surface area contributed by atoms with Gasteiger partial charge in [-0.1, -0.05) is 188 Å². The van der Waals surface area contributed by atoms with Gasteiger partial charge in [0.1, 0.15) is 0 Å². The van der Waals surface area contributed by atoms with Crippen molar-refractivity contribution in [1.82, 2.24) is 0 Å². The van der Waals surface area contributed by atoms with E-state index in [1.54, 1.807) is 0 Å². The van der Waals surface area contributed by atoms with Crippen LogP contribution in [0.2, 0.25) is 0 Å². The molecule has 0 fully saturated rings. The van der Waals surface area contributed by atoms with E-state index >= 15 is 0 Å². The Morgan fingerprint density at radius 1 is 0.213 bits per heavy atom. The maximum atomic E-state index is 2.44. The van der Waals surface area contributed by atoms with Gasteiger partial charge in [-0.15, -0.1) is 0 Å². The molecule has 0 bridgehead atoms. The largest absolute Gasteiger partial charge is 0.311 e. The zero-order chi connectivity index (χ0) is 40.5. The maximum Gasteiger partial charge on any atom is 0.0462 e. The lowest BCUT2D eigenvalue weighted by molar-refractivity contribution is 1.28. The second-order valence-electron chi connectivity index (χ2n) is 15.7. The third kappa shape index (κ3) is 6.73. The predicted molar refractivity (Wildman–Crippen MR) is 261 cm³/mol. The van der Waals surface area contributed by atoms with Gasteiger partial charge in [-0.2, -0.15) is 0 Å². The fraction of sp³-hybridized carbons (Fsp3) is 0. The molecule has 0 aliphatic carbocycles. The highest BCUT2D eigenvalue weighted by Gasteiger charge is 2.20. The lowest BCUT2D eigenvalue weighted by atomic mass is 9.82. The third-order valence-corrected chi connectivity index (χ3v) is 12.0. The number of hydrogen-bond acceptors (Lipinski definition) is 1. The fourth-order valence-electron chi connectivity index (χ4n) is 9.14. The molecule has 0 heterocycles. The molecular weight excluding hydrogens is 735 g/mol. The summed E-state index contributed by atoms with van der Waals surface area (Å²) in [7, 11) is 0. The Morgan fingerprint density at radius 3 is 1.07 bits per heavy atom.